The Hall–Kier alpha value is -1.80. The Balaban J connectivity index is 2.22. The molecule has 0 aromatic carbocycles. The van der Waals surface area contributed by atoms with Gasteiger partial charge in [-0.2, -0.15) is 5.26 Å². The molecule has 5 heteroatoms. The molecule has 2 rings (SSSR count). The van der Waals surface area contributed by atoms with Crippen LogP contribution in [0.15, 0.2) is 12.3 Å². The minimum atomic E-state index is -0.600. The Labute approximate surface area is 100 Å². The summed E-state index contributed by atoms with van der Waals surface area (Å²) in [5.74, 6) is 0.664. The predicted octanol–water partition coefficient (Wildman–Crippen LogP) is 0.887. The molecule has 0 saturated carbocycles. The summed E-state index contributed by atoms with van der Waals surface area (Å²) in [6, 6.07) is 3.74. The van der Waals surface area contributed by atoms with Gasteiger partial charge < -0.3 is 15.7 Å². The molecule has 1 aliphatic heterocycles. The molecule has 3 N–H and O–H groups in total. The van der Waals surface area contributed by atoms with Gasteiger partial charge >= 0.3 is 0 Å². The lowest BCUT2D eigenvalue weighted by Gasteiger charge is -2.36. The first-order valence-corrected chi connectivity index (χ1v) is 5.65. The van der Waals surface area contributed by atoms with Crippen molar-refractivity contribution in [3.05, 3.63) is 17.8 Å². The van der Waals surface area contributed by atoms with Crippen molar-refractivity contribution >= 4 is 11.5 Å². The number of nitrogens with two attached hydrogens (primary N) is 1. The smallest absolute Gasteiger partial charge is 0.146 e. The van der Waals surface area contributed by atoms with E-state index in [1.807, 2.05) is 11.8 Å². The molecule has 90 valence electrons. The van der Waals surface area contributed by atoms with Crippen molar-refractivity contribution in [2.75, 3.05) is 23.7 Å². The SMILES string of the molecule is CC1(O)CCN(c2ncc(N)cc2C#N)CC1. The molecule has 1 aromatic heterocycles. The first-order chi connectivity index (χ1) is 8.02. The Morgan fingerprint density at radius 2 is 2.18 bits per heavy atom. The number of piperidine rings is 1. The third-order valence-electron chi connectivity index (χ3n) is 3.15. The van der Waals surface area contributed by atoms with E-state index < -0.39 is 5.60 Å². The van der Waals surface area contributed by atoms with Gasteiger partial charge in [-0.15, -0.1) is 0 Å². The van der Waals surface area contributed by atoms with E-state index in [-0.39, 0.29) is 0 Å². The summed E-state index contributed by atoms with van der Waals surface area (Å²) < 4.78 is 0. The second kappa shape index (κ2) is 4.22. The molecule has 0 amide bonds. The molecule has 0 aliphatic carbocycles. The molecular weight excluding hydrogens is 216 g/mol. The van der Waals surface area contributed by atoms with Gasteiger partial charge in [0, 0.05) is 13.1 Å². The molecule has 2 heterocycles. The van der Waals surface area contributed by atoms with E-state index >= 15 is 0 Å². The fourth-order valence-electron chi connectivity index (χ4n) is 2.01. The fraction of sp³-hybridized carbons (Fsp3) is 0.500. The first-order valence-electron chi connectivity index (χ1n) is 5.65. The highest BCUT2D eigenvalue weighted by atomic mass is 16.3. The largest absolute Gasteiger partial charge is 0.397 e. The zero-order valence-corrected chi connectivity index (χ0v) is 9.85. The number of aliphatic hydroxyl groups is 1. The van der Waals surface area contributed by atoms with Crippen LogP contribution in [0, 0.1) is 11.3 Å². The average molecular weight is 232 g/mol. The molecule has 0 unspecified atom stereocenters. The van der Waals surface area contributed by atoms with Gasteiger partial charge in [0.25, 0.3) is 0 Å². The van der Waals surface area contributed by atoms with Crippen LogP contribution in [0.25, 0.3) is 0 Å². The Bertz CT molecular complexity index is 454. The van der Waals surface area contributed by atoms with Gasteiger partial charge in [-0.1, -0.05) is 0 Å². The van der Waals surface area contributed by atoms with Crippen LogP contribution in [-0.4, -0.2) is 28.8 Å². The monoisotopic (exact) mass is 232 g/mol. The number of hydrogen-bond acceptors (Lipinski definition) is 5. The number of nitriles is 1. The number of nitrogen functional groups attached to an aromatic ring is 1. The first kappa shape index (κ1) is 11.7. The van der Waals surface area contributed by atoms with E-state index in [0.717, 1.165) is 0 Å². The normalized spacial score (nSPS) is 18.8. The Kier molecular flexibility index (Phi) is 2.90. The van der Waals surface area contributed by atoms with Crippen LogP contribution in [-0.2, 0) is 0 Å². The molecule has 0 spiro atoms. The van der Waals surface area contributed by atoms with E-state index in [9.17, 15) is 5.11 Å². The lowest BCUT2D eigenvalue weighted by molar-refractivity contribution is 0.0350. The number of aromatic nitrogens is 1. The summed E-state index contributed by atoms with van der Waals surface area (Å²) in [4.78, 5) is 6.24. The standard InChI is InChI=1S/C12H16N4O/c1-12(17)2-4-16(5-3-12)11-9(7-13)6-10(14)8-15-11/h6,8,17H,2-5,14H2,1H3. The van der Waals surface area contributed by atoms with Crippen LogP contribution >= 0.6 is 0 Å². The van der Waals surface area contributed by atoms with Crippen LogP contribution in [0.5, 0.6) is 0 Å². The van der Waals surface area contributed by atoms with E-state index in [0.29, 0.717) is 43.0 Å². The highest BCUT2D eigenvalue weighted by Gasteiger charge is 2.28. The number of nitrogens with zero attached hydrogens (tertiary/aromatic N) is 3. The minimum Gasteiger partial charge on any atom is -0.397 e. The molecule has 0 bridgehead atoms. The fourth-order valence-corrected chi connectivity index (χ4v) is 2.01. The van der Waals surface area contributed by atoms with Crippen molar-refractivity contribution in [2.24, 2.45) is 0 Å². The predicted molar refractivity (Wildman–Crippen MR) is 65.4 cm³/mol. The zero-order valence-electron chi connectivity index (χ0n) is 9.85. The van der Waals surface area contributed by atoms with Crippen molar-refractivity contribution in [3.63, 3.8) is 0 Å². The van der Waals surface area contributed by atoms with Gasteiger partial charge in [-0.25, -0.2) is 4.98 Å². The molecule has 1 saturated heterocycles. The third-order valence-corrected chi connectivity index (χ3v) is 3.15. The van der Waals surface area contributed by atoms with Crippen LogP contribution in [0.2, 0.25) is 0 Å². The molecular formula is C12H16N4O. The van der Waals surface area contributed by atoms with Crippen LogP contribution in [0.1, 0.15) is 25.3 Å². The van der Waals surface area contributed by atoms with Crippen molar-refractivity contribution < 1.29 is 5.11 Å². The van der Waals surface area contributed by atoms with Crippen LogP contribution in [0.3, 0.4) is 0 Å². The highest BCUT2D eigenvalue weighted by Crippen LogP contribution is 2.27. The number of rotatable bonds is 1. The maximum Gasteiger partial charge on any atom is 0.146 e. The minimum absolute atomic E-state index is 0.492. The van der Waals surface area contributed by atoms with Crippen molar-refractivity contribution in [1.29, 1.82) is 5.26 Å². The summed E-state index contributed by atoms with van der Waals surface area (Å²) in [5.41, 5.74) is 5.99. The van der Waals surface area contributed by atoms with Crippen molar-refractivity contribution in [2.45, 2.75) is 25.4 Å². The summed E-state index contributed by atoms with van der Waals surface area (Å²) in [7, 11) is 0. The number of pyridine rings is 1. The second-order valence-electron chi connectivity index (χ2n) is 4.74. The second-order valence-corrected chi connectivity index (χ2v) is 4.74. The summed E-state index contributed by atoms with van der Waals surface area (Å²) in [6.45, 7) is 3.25. The van der Waals surface area contributed by atoms with Crippen LogP contribution < -0.4 is 10.6 Å². The summed E-state index contributed by atoms with van der Waals surface area (Å²) >= 11 is 0. The quantitative estimate of drug-likeness (QED) is 0.750. The van der Waals surface area contributed by atoms with Crippen molar-refractivity contribution in [1.82, 2.24) is 4.98 Å². The molecule has 1 aliphatic rings. The van der Waals surface area contributed by atoms with E-state index in [4.69, 9.17) is 11.0 Å². The zero-order chi connectivity index (χ0) is 12.5. The lowest BCUT2D eigenvalue weighted by Crippen LogP contribution is -2.43. The summed E-state index contributed by atoms with van der Waals surface area (Å²) in [6.07, 6.45) is 2.93. The highest BCUT2D eigenvalue weighted by molar-refractivity contribution is 5.59. The molecule has 5 nitrogen and oxygen atoms in total. The Morgan fingerprint density at radius 3 is 2.76 bits per heavy atom. The van der Waals surface area contributed by atoms with Crippen LogP contribution in [0.4, 0.5) is 11.5 Å². The topological polar surface area (TPSA) is 86.2 Å². The van der Waals surface area contributed by atoms with Crippen molar-refractivity contribution in [3.8, 4) is 6.07 Å². The number of anilines is 2. The maximum absolute atomic E-state index is 9.88. The van der Waals surface area contributed by atoms with Gasteiger partial charge in [0.2, 0.25) is 0 Å². The van der Waals surface area contributed by atoms with Gasteiger partial charge in [0.05, 0.1) is 23.0 Å². The Morgan fingerprint density at radius 1 is 1.53 bits per heavy atom. The molecule has 1 aromatic rings. The third kappa shape index (κ3) is 2.48. The van der Waals surface area contributed by atoms with Gasteiger partial charge in [0.15, 0.2) is 0 Å². The van der Waals surface area contributed by atoms with E-state index in [1.54, 1.807) is 12.3 Å². The van der Waals surface area contributed by atoms with Gasteiger partial charge in [-0.3, -0.25) is 0 Å². The lowest BCUT2D eigenvalue weighted by atomic mass is 9.93. The average Bonchev–Trinajstić information content (AvgIpc) is 2.29. The van der Waals surface area contributed by atoms with E-state index in [1.165, 1.54) is 0 Å². The van der Waals surface area contributed by atoms with E-state index in [2.05, 4.69) is 11.1 Å². The molecule has 0 radical (unpaired) electrons. The number of hydrogen-bond donors (Lipinski definition) is 2. The summed E-state index contributed by atoms with van der Waals surface area (Å²) in [5, 5.41) is 18.9. The maximum atomic E-state index is 9.88. The molecule has 17 heavy (non-hydrogen) atoms. The molecule has 0 atom stereocenters. The van der Waals surface area contributed by atoms with Gasteiger partial charge in [-0.05, 0) is 25.8 Å². The van der Waals surface area contributed by atoms with Gasteiger partial charge in [0.1, 0.15) is 11.9 Å². The molecule has 1 fully saturated rings.